The van der Waals surface area contributed by atoms with Crippen LogP contribution in [0.2, 0.25) is 0 Å². The second kappa shape index (κ2) is 11.5. The van der Waals surface area contributed by atoms with Crippen LogP contribution >= 0.6 is 0 Å². The maximum Gasteiger partial charge on any atom is 0.255 e. The third kappa shape index (κ3) is 6.38. The highest BCUT2D eigenvalue weighted by molar-refractivity contribution is 6.04. The summed E-state index contributed by atoms with van der Waals surface area (Å²) >= 11 is 0. The van der Waals surface area contributed by atoms with Crippen LogP contribution in [-0.2, 0) is 11.3 Å². The molecule has 6 nitrogen and oxygen atoms in total. The summed E-state index contributed by atoms with van der Waals surface area (Å²) in [7, 11) is 1.63. The fourth-order valence-corrected chi connectivity index (χ4v) is 5.15. The second-order valence-corrected chi connectivity index (χ2v) is 9.73. The molecule has 0 aromatic heterocycles. The number of hydrogen-bond donors (Lipinski definition) is 2. The summed E-state index contributed by atoms with van der Waals surface area (Å²) in [4.78, 5) is 27.8. The normalized spacial score (nSPS) is 17.8. The number of anilines is 1. The molecule has 2 aliphatic rings. The molecule has 0 atom stereocenters. The lowest BCUT2D eigenvalue weighted by Crippen LogP contribution is -2.44. The van der Waals surface area contributed by atoms with E-state index >= 15 is 0 Å². The molecule has 34 heavy (non-hydrogen) atoms. The van der Waals surface area contributed by atoms with Gasteiger partial charge in [-0.05, 0) is 87.2 Å². The van der Waals surface area contributed by atoms with E-state index in [-0.39, 0.29) is 17.7 Å². The topological polar surface area (TPSA) is 70.7 Å². The van der Waals surface area contributed by atoms with E-state index in [0.29, 0.717) is 11.6 Å². The van der Waals surface area contributed by atoms with Crippen molar-refractivity contribution in [1.29, 1.82) is 0 Å². The number of amides is 2. The van der Waals surface area contributed by atoms with Gasteiger partial charge in [-0.3, -0.25) is 14.5 Å². The summed E-state index contributed by atoms with van der Waals surface area (Å²) in [5, 5.41) is 6.31. The first-order valence-electron chi connectivity index (χ1n) is 12.6. The monoisotopic (exact) mass is 463 g/mol. The Kier molecular flexibility index (Phi) is 8.22. The van der Waals surface area contributed by atoms with E-state index in [1.165, 1.54) is 19.3 Å². The third-order valence-electron chi connectivity index (χ3n) is 7.16. The minimum atomic E-state index is -0.132. The van der Waals surface area contributed by atoms with E-state index < -0.39 is 0 Å². The number of piperidine rings is 1. The molecule has 4 rings (SSSR count). The van der Waals surface area contributed by atoms with Crippen molar-refractivity contribution in [2.75, 3.05) is 25.5 Å². The van der Waals surface area contributed by atoms with Crippen molar-refractivity contribution < 1.29 is 14.3 Å². The Balaban J connectivity index is 1.27. The number of hydrogen-bond acceptors (Lipinski definition) is 4. The van der Waals surface area contributed by atoms with Gasteiger partial charge < -0.3 is 15.4 Å². The molecule has 1 aliphatic heterocycles. The Labute approximate surface area is 203 Å². The summed E-state index contributed by atoms with van der Waals surface area (Å²) in [5.41, 5.74) is 3.49. The molecule has 2 N–H and O–H groups in total. The number of aryl methyl sites for hydroxylation is 1. The molecule has 1 aliphatic carbocycles. The minimum Gasteiger partial charge on any atom is -0.496 e. The molecule has 6 heteroatoms. The first-order chi connectivity index (χ1) is 16.5. The molecular weight excluding hydrogens is 426 g/mol. The van der Waals surface area contributed by atoms with Gasteiger partial charge in [0, 0.05) is 29.8 Å². The van der Waals surface area contributed by atoms with Crippen molar-refractivity contribution in [2.45, 2.75) is 64.5 Å². The smallest absolute Gasteiger partial charge is 0.255 e. The van der Waals surface area contributed by atoms with Gasteiger partial charge in [-0.2, -0.15) is 0 Å². The van der Waals surface area contributed by atoms with Crippen LogP contribution in [-0.4, -0.2) is 43.0 Å². The Morgan fingerprint density at radius 3 is 2.47 bits per heavy atom. The number of methoxy groups -OCH3 is 1. The van der Waals surface area contributed by atoms with E-state index in [2.05, 4.69) is 21.6 Å². The Bertz CT molecular complexity index is 992. The van der Waals surface area contributed by atoms with Crippen molar-refractivity contribution in [3.63, 3.8) is 0 Å². The van der Waals surface area contributed by atoms with Crippen molar-refractivity contribution in [3.05, 3.63) is 59.2 Å². The van der Waals surface area contributed by atoms with Crippen molar-refractivity contribution in [3.8, 4) is 5.75 Å². The number of benzene rings is 2. The first-order valence-corrected chi connectivity index (χ1v) is 12.6. The van der Waals surface area contributed by atoms with E-state index in [1.54, 1.807) is 13.2 Å². The van der Waals surface area contributed by atoms with Gasteiger partial charge in [0.05, 0.1) is 7.11 Å². The molecule has 2 fully saturated rings. The number of ether oxygens (including phenoxy) is 1. The number of carbonyl (C=O) groups excluding carboxylic acids is 2. The predicted molar refractivity (Wildman–Crippen MR) is 135 cm³/mol. The lowest BCUT2D eigenvalue weighted by atomic mass is 9.92. The summed E-state index contributed by atoms with van der Waals surface area (Å²) < 4.78 is 5.28. The van der Waals surface area contributed by atoms with Crippen molar-refractivity contribution >= 4 is 17.5 Å². The molecule has 0 bridgehead atoms. The zero-order valence-electron chi connectivity index (χ0n) is 20.4. The summed E-state index contributed by atoms with van der Waals surface area (Å²) in [5.74, 6) is 1.03. The molecule has 182 valence electrons. The molecular formula is C28H37N3O3. The average Bonchev–Trinajstić information content (AvgIpc) is 2.85. The van der Waals surface area contributed by atoms with Gasteiger partial charge in [-0.15, -0.1) is 0 Å². The zero-order valence-corrected chi connectivity index (χ0v) is 20.4. The Morgan fingerprint density at radius 2 is 1.76 bits per heavy atom. The van der Waals surface area contributed by atoms with Crippen LogP contribution < -0.4 is 15.4 Å². The van der Waals surface area contributed by atoms with Gasteiger partial charge in [0.1, 0.15) is 5.75 Å². The first kappa shape index (κ1) is 24.3. The van der Waals surface area contributed by atoms with Crippen LogP contribution in [0.3, 0.4) is 0 Å². The van der Waals surface area contributed by atoms with Gasteiger partial charge in [-0.1, -0.05) is 31.4 Å². The highest BCUT2D eigenvalue weighted by Gasteiger charge is 2.27. The number of nitrogens with zero attached hydrogens (tertiary/aromatic N) is 1. The quantitative estimate of drug-likeness (QED) is 0.612. The zero-order chi connectivity index (χ0) is 23.9. The highest BCUT2D eigenvalue weighted by Crippen LogP contribution is 2.23. The largest absolute Gasteiger partial charge is 0.496 e. The highest BCUT2D eigenvalue weighted by atomic mass is 16.5. The molecule has 1 saturated carbocycles. The van der Waals surface area contributed by atoms with Gasteiger partial charge >= 0.3 is 0 Å². The lowest BCUT2D eigenvalue weighted by molar-refractivity contribution is -0.127. The molecule has 2 amide bonds. The van der Waals surface area contributed by atoms with Crippen LogP contribution in [0.15, 0.2) is 42.5 Å². The van der Waals surface area contributed by atoms with E-state index in [4.69, 9.17) is 4.74 Å². The van der Waals surface area contributed by atoms with Gasteiger partial charge in [0.2, 0.25) is 5.91 Å². The SMILES string of the molecule is COc1ccc(C(=O)Nc2cccc(CN3CCC(C(=O)NC4CCCCC4)CC3)c2)cc1C. The summed E-state index contributed by atoms with van der Waals surface area (Å²) in [6.07, 6.45) is 7.87. The maximum absolute atomic E-state index is 12.7. The number of carbonyl (C=O) groups is 2. The van der Waals surface area contributed by atoms with E-state index in [1.807, 2.05) is 37.3 Å². The summed E-state index contributed by atoms with van der Waals surface area (Å²) in [6, 6.07) is 13.9. The summed E-state index contributed by atoms with van der Waals surface area (Å²) in [6.45, 7) is 4.59. The fraction of sp³-hybridized carbons (Fsp3) is 0.500. The molecule has 2 aromatic carbocycles. The number of likely N-dealkylation sites (tertiary alicyclic amines) is 1. The van der Waals surface area contributed by atoms with E-state index in [0.717, 1.165) is 67.9 Å². The third-order valence-corrected chi connectivity index (χ3v) is 7.16. The Morgan fingerprint density at radius 1 is 1.00 bits per heavy atom. The molecule has 0 unspecified atom stereocenters. The Hall–Kier alpha value is -2.86. The lowest BCUT2D eigenvalue weighted by Gasteiger charge is -2.32. The van der Waals surface area contributed by atoms with Crippen LogP contribution in [0, 0.1) is 12.8 Å². The van der Waals surface area contributed by atoms with Crippen LogP contribution in [0.1, 0.15) is 66.4 Å². The van der Waals surface area contributed by atoms with Gasteiger partial charge in [-0.25, -0.2) is 0 Å². The fourth-order valence-electron chi connectivity index (χ4n) is 5.15. The van der Waals surface area contributed by atoms with Gasteiger partial charge in [0.15, 0.2) is 0 Å². The van der Waals surface area contributed by atoms with Crippen molar-refractivity contribution in [2.24, 2.45) is 5.92 Å². The van der Waals surface area contributed by atoms with Gasteiger partial charge in [0.25, 0.3) is 5.91 Å². The van der Waals surface area contributed by atoms with E-state index in [9.17, 15) is 9.59 Å². The van der Waals surface area contributed by atoms with Crippen molar-refractivity contribution in [1.82, 2.24) is 10.2 Å². The molecule has 1 heterocycles. The molecule has 0 radical (unpaired) electrons. The maximum atomic E-state index is 12.7. The molecule has 0 spiro atoms. The number of rotatable bonds is 7. The van der Waals surface area contributed by atoms with Crippen LogP contribution in [0.25, 0.3) is 0 Å². The van der Waals surface area contributed by atoms with Crippen LogP contribution in [0.4, 0.5) is 5.69 Å². The standard InChI is InChI=1S/C28H37N3O3/c1-20-17-23(11-12-26(20)34-2)28(33)30-25-10-6-7-21(18-25)19-31-15-13-22(14-16-31)27(32)29-24-8-4-3-5-9-24/h6-7,10-12,17-18,22,24H,3-5,8-9,13-16,19H2,1-2H3,(H,29,32)(H,30,33). The minimum absolute atomic E-state index is 0.132. The number of nitrogens with one attached hydrogen (secondary N) is 2. The second-order valence-electron chi connectivity index (χ2n) is 9.73. The molecule has 1 saturated heterocycles. The predicted octanol–water partition coefficient (Wildman–Crippen LogP) is 4.92. The average molecular weight is 464 g/mol. The van der Waals surface area contributed by atoms with Crippen LogP contribution in [0.5, 0.6) is 5.75 Å². The molecule has 2 aromatic rings.